The summed E-state index contributed by atoms with van der Waals surface area (Å²) >= 11 is 0. The zero-order valence-corrected chi connectivity index (χ0v) is 11.2. The van der Waals surface area contributed by atoms with Gasteiger partial charge in [-0.05, 0) is 31.7 Å². The van der Waals surface area contributed by atoms with Crippen LogP contribution in [0.4, 0.5) is 0 Å². The van der Waals surface area contributed by atoms with Crippen LogP contribution in [0.2, 0.25) is 0 Å². The van der Waals surface area contributed by atoms with E-state index in [4.69, 9.17) is 4.74 Å². The number of nitrogens with one attached hydrogen (secondary N) is 1. The average Bonchev–Trinajstić information content (AvgIpc) is 2.28. The van der Waals surface area contributed by atoms with Crippen molar-refractivity contribution in [2.75, 3.05) is 45.9 Å². The van der Waals surface area contributed by atoms with Crippen molar-refractivity contribution in [2.45, 2.75) is 27.2 Å². The lowest BCUT2D eigenvalue weighted by Crippen LogP contribution is -2.42. The number of ether oxygens (including phenoxy) is 1. The molecule has 16 heavy (non-hydrogen) atoms. The Kier molecular flexibility index (Phi) is 7.01. The van der Waals surface area contributed by atoms with Crippen molar-refractivity contribution in [1.29, 1.82) is 0 Å². The second-order valence-corrected chi connectivity index (χ2v) is 4.99. The highest BCUT2D eigenvalue weighted by Gasteiger charge is 2.21. The molecule has 1 fully saturated rings. The highest BCUT2D eigenvalue weighted by Crippen LogP contribution is 2.21. The molecule has 0 amide bonds. The highest BCUT2D eigenvalue weighted by molar-refractivity contribution is 4.75. The van der Waals surface area contributed by atoms with Crippen LogP contribution in [0.5, 0.6) is 0 Å². The van der Waals surface area contributed by atoms with Crippen molar-refractivity contribution >= 4 is 0 Å². The third-order valence-electron chi connectivity index (χ3n) is 3.65. The lowest BCUT2D eigenvalue weighted by molar-refractivity contribution is 0.132. The van der Waals surface area contributed by atoms with Crippen molar-refractivity contribution in [2.24, 2.45) is 11.8 Å². The summed E-state index contributed by atoms with van der Waals surface area (Å²) < 4.78 is 5.28. The summed E-state index contributed by atoms with van der Waals surface area (Å²) in [5.41, 5.74) is 0. The normalized spacial score (nSPS) is 27.2. The third kappa shape index (κ3) is 5.28. The van der Waals surface area contributed by atoms with Crippen molar-refractivity contribution < 1.29 is 4.74 Å². The van der Waals surface area contributed by atoms with E-state index in [1.165, 1.54) is 26.1 Å². The molecule has 0 aliphatic carbocycles. The third-order valence-corrected chi connectivity index (χ3v) is 3.65. The minimum atomic E-state index is 0.823. The maximum Gasteiger partial charge on any atom is 0.0590 e. The molecule has 96 valence electrons. The molecule has 0 radical (unpaired) electrons. The number of likely N-dealkylation sites (tertiary alicyclic amines) is 1. The fourth-order valence-electron chi connectivity index (χ4n) is 2.20. The molecular weight excluding hydrogens is 200 g/mol. The van der Waals surface area contributed by atoms with Gasteiger partial charge < -0.3 is 15.0 Å². The van der Waals surface area contributed by atoms with Gasteiger partial charge in [0.05, 0.1) is 6.61 Å². The number of hydrogen-bond donors (Lipinski definition) is 1. The molecule has 0 saturated carbocycles. The van der Waals surface area contributed by atoms with Gasteiger partial charge in [0, 0.05) is 32.8 Å². The summed E-state index contributed by atoms with van der Waals surface area (Å²) in [6.45, 7) is 14.3. The Hall–Kier alpha value is -0.120. The van der Waals surface area contributed by atoms with Crippen LogP contribution in [0.15, 0.2) is 0 Å². The van der Waals surface area contributed by atoms with Crippen molar-refractivity contribution in [3.05, 3.63) is 0 Å². The molecule has 3 heteroatoms. The molecule has 0 aromatic heterocycles. The van der Waals surface area contributed by atoms with Gasteiger partial charge in [-0.3, -0.25) is 0 Å². The number of piperidine rings is 1. The molecular formula is C13H28N2O. The van der Waals surface area contributed by atoms with Gasteiger partial charge in [-0.2, -0.15) is 0 Å². The lowest BCUT2D eigenvalue weighted by atomic mass is 9.89. The van der Waals surface area contributed by atoms with Crippen LogP contribution in [0.25, 0.3) is 0 Å². The predicted octanol–water partition coefficient (Wildman–Crippen LogP) is 1.59. The fourth-order valence-corrected chi connectivity index (χ4v) is 2.20. The Morgan fingerprint density at radius 1 is 1.25 bits per heavy atom. The molecule has 1 aliphatic rings. The first-order valence-corrected chi connectivity index (χ1v) is 6.74. The van der Waals surface area contributed by atoms with Crippen LogP contribution in [-0.2, 0) is 4.74 Å². The van der Waals surface area contributed by atoms with Gasteiger partial charge in [-0.15, -0.1) is 0 Å². The van der Waals surface area contributed by atoms with Crippen molar-refractivity contribution in [3.63, 3.8) is 0 Å². The molecule has 1 N–H and O–H groups in total. The van der Waals surface area contributed by atoms with Crippen LogP contribution >= 0.6 is 0 Å². The Morgan fingerprint density at radius 2 is 2.06 bits per heavy atom. The van der Waals surface area contributed by atoms with Gasteiger partial charge in [0.1, 0.15) is 0 Å². The van der Waals surface area contributed by atoms with Crippen LogP contribution < -0.4 is 5.32 Å². The van der Waals surface area contributed by atoms with Gasteiger partial charge in [-0.25, -0.2) is 0 Å². The number of nitrogens with zero attached hydrogens (tertiary/aromatic N) is 1. The molecule has 1 saturated heterocycles. The standard InChI is InChI=1S/C13H28N2O/c1-4-16-10-7-14-6-9-15-8-5-12(2)13(3)11-15/h12-14H,4-11H2,1-3H3. The summed E-state index contributed by atoms with van der Waals surface area (Å²) in [6, 6.07) is 0. The maximum atomic E-state index is 5.28. The molecule has 1 aliphatic heterocycles. The smallest absolute Gasteiger partial charge is 0.0590 e. The van der Waals surface area contributed by atoms with E-state index in [9.17, 15) is 0 Å². The molecule has 3 nitrogen and oxygen atoms in total. The molecule has 0 bridgehead atoms. The summed E-state index contributed by atoms with van der Waals surface area (Å²) in [6.07, 6.45) is 1.36. The Morgan fingerprint density at radius 3 is 2.75 bits per heavy atom. The van der Waals surface area contributed by atoms with E-state index in [1.54, 1.807) is 0 Å². The molecule has 2 unspecified atom stereocenters. The number of hydrogen-bond acceptors (Lipinski definition) is 3. The first-order valence-electron chi connectivity index (χ1n) is 6.74. The maximum absolute atomic E-state index is 5.28. The van der Waals surface area contributed by atoms with Gasteiger partial charge in [0.15, 0.2) is 0 Å². The second kappa shape index (κ2) is 8.04. The lowest BCUT2D eigenvalue weighted by Gasteiger charge is -2.35. The van der Waals surface area contributed by atoms with E-state index < -0.39 is 0 Å². The Bertz CT molecular complexity index is 175. The molecule has 0 aromatic carbocycles. The SMILES string of the molecule is CCOCCNCCN1CCC(C)C(C)C1. The molecule has 2 atom stereocenters. The van der Waals surface area contributed by atoms with Gasteiger partial charge in [0.25, 0.3) is 0 Å². The van der Waals surface area contributed by atoms with Crippen molar-refractivity contribution in [1.82, 2.24) is 10.2 Å². The predicted molar refractivity (Wildman–Crippen MR) is 68.7 cm³/mol. The van der Waals surface area contributed by atoms with Crippen molar-refractivity contribution in [3.8, 4) is 0 Å². The fraction of sp³-hybridized carbons (Fsp3) is 1.00. The zero-order chi connectivity index (χ0) is 11.8. The van der Waals surface area contributed by atoms with E-state index in [0.717, 1.165) is 38.1 Å². The van der Waals surface area contributed by atoms with E-state index in [0.29, 0.717) is 0 Å². The first-order chi connectivity index (χ1) is 7.74. The molecule has 0 spiro atoms. The highest BCUT2D eigenvalue weighted by atomic mass is 16.5. The average molecular weight is 228 g/mol. The molecule has 0 aromatic rings. The summed E-state index contributed by atoms with van der Waals surface area (Å²) in [5, 5.41) is 3.43. The van der Waals surface area contributed by atoms with E-state index >= 15 is 0 Å². The first kappa shape index (κ1) is 13.9. The quantitative estimate of drug-likeness (QED) is 0.670. The van der Waals surface area contributed by atoms with Gasteiger partial charge in [-0.1, -0.05) is 13.8 Å². The summed E-state index contributed by atoms with van der Waals surface area (Å²) in [5.74, 6) is 1.76. The minimum absolute atomic E-state index is 0.823. The summed E-state index contributed by atoms with van der Waals surface area (Å²) in [7, 11) is 0. The molecule has 1 heterocycles. The topological polar surface area (TPSA) is 24.5 Å². The van der Waals surface area contributed by atoms with Gasteiger partial charge in [0.2, 0.25) is 0 Å². The van der Waals surface area contributed by atoms with E-state index in [1.807, 2.05) is 6.92 Å². The summed E-state index contributed by atoms with van der Waals surface area (Å²) in [4.78, 5) is 2.58. The monoisotopic (exact) mass is 228 g/mol. The largest absolute Gasteiger partial charge is 0.380 e. The van der Waals surface area contributed by atoms with E-state index in [-0.39, 0.29) is 0 Å². The Balaban J connectivity index is 1.97. The van der Waals surface area contributed by atoms with Crippen LogP contribution in [0.1, 0.15) is 27.2 Å². The van der Waals surface area contributed by atoms with Crippen LogP contribution in [-0.4, -0.2) is 50.8 Å². The van der Waals surface area contributed by atoms with Crippen LogP contribution in [0, 0.1) is 11.8 Å². The van der Waals surface area contributed by atoms with E-state index in [2.05, 4.69) is 24.1 Å². The Labute approximate surface area is 101 Å². The minimum Gasteiger partial charge on any atom is -0.380 e. The molecule has 1 rings (SSSR count). The zero-order valence-electron chi connectivity index (χ0n) is 11.2. The number of rotatable bonds is 7. The second-order valence-electron chi connectivity index (χ2n) is 4.99. The van der Waals surface area contributed by atoms with Crippen LogP contribution in [0.3, 0.4) is 0 Å². The van der Waals surface area contributed by atoms with Gasteiger partial charge >= 0.3 is 0 Å².